The molecule has 0 aliphatic carbocycles. The van der Waals surface area contributed by atoms with E-state index in [1.807, 2.05) is 0 Å². The van der Waals surface area contributed by atoms with E-state index in [1.165, 1.54) is 0 Å². The van der Waals surface area contributed by atoms with Gasteiger partial charge in [0.1, 0.15) is 37.8 Å². The lowest BCUT2D eigenvalue weighted by Crippen LogP contribution is -2.74. The number of halogens is 17. The third-order valence-electron chi connectivity index (χ3n) is 9.72. The molecule has 0 heterocycles. The molecule has 0 radical (unpaired) electrons. The molecule has 65 heavy (non-hydrogen) atoms. The van der Waals surface area contributed by atoms with Crippen molar-refractivity contribution >= 4 is 0 Å². The van der Waals surface area contributed by atoms with Gasteiger partial charge < -0.3 is 39.4 Å². The van der Waals surface area contributed by atoms with Crippen LogP contribution in [0.25, 0.3) is 11.1 Å². The molecular weight excluding hydrogens is 931 g/mol. The number of alkyl halides is 17. The largest absolute Gasteiger partial charge is 0.491 e. The van der Waals surface area contributed by atoms with Gasteiger partial charge >= 0.3 is 47.6 Å². The molecule has 2 rings (SSSR count). The van der Waals surface area contributed by atoms with E-state index in [9.17, 15) is 84.9 Å². The van der Waals surface area contributed by atoms with Crippen molar-refractivity contribution in [3.8, 4) is 28.4 Å². The van der Waals surface area contributed by atoms with Gasteiger partial charge in [0, 0.05) is 13.0 Å². The average molecular weight is 981 g/mol. The Morgan fingerprint density at radius 3 is 1.37 bits per heavy atom. The molecule has 0 amide bonds. The molecule has 0 aliphatic heterocycles. The second-order valence-electron chi connectivity index (χ2n) is 15.1. The first kappa shape index (κ1) is 57.6. The molecule has 0 bridgehead atoms. The molecule has 3 atom stereocenters. The van der Waals surface area contributed by atoms with Gasteiger partial charge in [0.2, 0.25) is 0 Å². The summed E-state index contributed by atoms with van der Waals surface area (Å²) in [5.41, 5.74) is 1.46. The lowest BCUT2D eigenvalue weighted by Gasteiger charge is -2.42. The molecule has 376 valence electrons. The highest BCUT2D eigenvalue weighted by molar-refractivity contribution is 5.67. The molecule has 0 saturated heterocycles. The van der Waals surface area contributed by atoms with E-state index in [1.54, 1.807) is 49.4 Å². The van der Waals surface area contributed by atoms with Gasteiger partial charge in [0.15, 0.2) is 11.5 Å². The summed E-state index contributed by atoms with van der Waals surface area (Å²) in [6.45, 7) is 0.737. The number of ether oxygens (including phenoxy) is 4. The zero-order valence-electron chi connectivity index (χ0n) is 34.4. The third kappa shape index (κ3) is 14.0. The van der Waals surface area contributed by atoms with Gasteiger partial charge in [-0.25, -0.2) is 0 Å². The summed E-state index contributed by atoms with van der Waals surface area (Å²) in [4.78, 5) is 0. The molecule has 0 fully saturated rings. The van der Waals surface area contributed by atoms with Crippen LogP contribution in [0.2, 0.25) is 0 Å². The van der Waals surface area contributed by atoms with Gasteiger partial charge in [-0.2, -0.15) is 74.6 Å². The Morgan fingerprint density at radius 1 is 0.462 bits per heavy atom. The molecular formula is C40H49F17O8. The maximum absolute atomic E-state index is 14.1. The van der Waals surface area contributed by atoms with E-state index in [0.717, 1.165) is 5.56 Å². The minimum absolute atomic E-state index is 0.0114. The van der Waals surface area contributed by atoms with Gasteiger partial charge in [0.25, 0.3) is 0 Å². The quantitative estimate of drug-likeness (QED) is 0.0436. The van der Waals surface area contributed by atoms with Crippen LogP contribution in [0.3, 0.4) is 0 Å². The second kappa shape index (κ2) is 23.5. The average Bonchev–Trinajstić information content (AvgIpc) is 3.23. The summed E-state index contributed by atoms with van der Waals surface area (Å²) < 4.78 is 251. The van der Waals surface area contributed by atoms with Crippen LogP contribution in [0.5, 0.6) is 17.2 Å². The van der Waals surface area contributed by atoms with Crippen LogP contribution < -0.4 is 14.2 Å². The predicted molar refractivity (Wildman–Crippen MR) is 197 cm³/mol. The van der Waals surface area contributed by atoms with Crippen molar-refractivity contribution in [1.82, 2.24) is 0 Å². The highest BCUT2D eigenvalue weighted by atomic mass is 19.4. The number of aliphatic hydroxyl groups excluding tert-OH is 4. The smallest absolute Gasteiger partial charge is 0.460 e. The van der Waals surface area contributed by atoms with Crippen LogP contribution in [0, 0.1) is 0 Å². The molecule has 0 aliphatic rings. The van der Waals surface area contributed by atoms with Crippen molar-refractivity contribution in [2.75, 3.05) is 39.6 Å². The molecule has 8 nitrogen and oxygen atoms in total. The standard InChI is InChI=1S/C40H49F17O8/c1-25(22-64-32-19-27(13-16-31(32)65-24-29(61)21-59)26-11-14-30(15-12-26)63-23-28(60)20-58)62-18-10-8-6-4-2-3-5-7-9-17-33(41,42)34(43,44)35(45,46)36(47,48)37(49,50)38(51,52)39(53,54)40(55,56)57/h11-16,19,25,28-29,58-61H,2-10,17-18,20-24H2,1H3. The molecule has 0 aromatic heterocycles. The lowest BCUT2D eigenvalue weighted by atomic mass is 9.87. The summed E-state index contributed by atoms with van der Waals surface area (Å²) in [5.74, 6) is -55.1. The summed E-state index contributed by atoms with van der Waals surface area (Å²) in [6.07, 6.45) is -11.3. The number of aliphatic hydroxyl groups is 4. The van der Waals surface area contributed by atoms with Crippen molar-refractivity contribution in [1.29, 1.82) is 0 Å². The fourth-order valence-electron chi connectivity index (χ4n) is 5.73. The number of rotatable bonds is 31. The lowest BCUT2D eigenvalue weighted by molar-refractivity contribution is -0.461. The van der Waals surface area contributed by atoms with Crippen molar-refractivity contribution in [2.45, 2.75) is 137 Å². The van der Waals surface area contributed by atoms with E-state index in [0.29, 0.717) is 55.8 Å². The molecule has 4 N–H and O–H groups in total. The van der Waals surface area contributed by atoms with Crippen LogP contribution >= 0.6 is 0 Å². The fourth-order valence-corrected chi connectivity index (χ4v) is 5.73. The summed E-state index contributed by atoms with van der Waals surface area (Å²) in [7, 11) is 0. The monoisotopic (exact) mass is 980 g/mol. The van der Waals surface area contributed by atoms with Crippen molar-refractivity contribution in [3.63, 3.8) is 0 Å². The van der Waals surface area contributed by atoms with Gasteiger partial charge in [-0.1, -0.05) is 63.1 Å². The first-order valence-electron chi connectivity index (χ1n) is 19.9. The van der Waals surface area contributed by atoms with Crippen LogP contribution in [0.15, 0.2) is 42.5 Å². The Bertz CT molecular complexity index is 1710. The molecule has 2 aromatic carbocycles. The van der Waals surface area contributed by atoms with Crippen LogP contribution in [-0.2, 0) is 4.74 Å². The van der Waals surface area contributed by atoms with Crippen LogP contribution in [0.4, 0.5) is 74.6 Å². The van der Waals surface area contributed by atoms with E-state index in [-0.39, 0.29) is 38.4 Å². The molecule has 3 unspecified atom stereocenters. The van der Waals surface area contributed by atoms with Gasteiger partial charge in [-0.3, -0.25) is 0 Å². The van der Waals surface area contributed by atoms with Gasteiger partial charge in [-0.15, -0.1) is 0 Å². The predicted octanol–water partition coefficient (Wildman–Crippen LogP) is 10.5. The second-order valence-corrected chi connectivity index (χ2v) is 15.1. The SMILES string of the molecule is CC(COc1cc(-c2ccc(OCC(O)CO)cc2)ccc1OCC(O)CO)OCCCCCCCCCCCC(F)(F)C(F)(F)C(F)(F)C(F)(F)C(F)(F)C(F)(F)C(F)(F)C(F)(F)F. The van der Waals surface area contributed by atoms with E-state index < -0.39 is 98.4 Å². The summed E-state index contributed by atoms with van der Waals surface area (Å²) in [6, 6.07) is 11.8. The van der Waals surface area contributed by atoms with Crippen molar-refractivity contribution in [2.24, 2.45) is 0 Å². The first-order valence-corrected chi connectivity index (χ1v) is 19.9. The topological polar surface area (TPSA) is 118 Å². The normalized spacial score (nSPS) is 15.2. The Kier molecular flexibility index (Phi) is 20.8. The zero-order chi connectivity index (χ0) is 49.7. The Balaban J connectivity index is 1.80. The van der Waals surface area contributed by atoms with Crippen molar-refractivity contribution < 1.29 is 114 Å². The first-order chi connectivity index (χ1) is 29.9. The zero-order valence-corrected chi connectivity index (χ0v) is 34.4. The van der Waals surface area contributed by atoms with Crippen LogP contribution in [0.1, 0.15) is 71.1 Å². The Hall–Kier alpha value is -3.55. The number of unbranched alkanes of at least 4 members (excludes halogenated alkanes) is 8. The number of benzene rings is 2. The van der Waals surface area contributed by atoms with Crippen LogP contribution in [-0.4, -0.2) is 126 Å². The molecule has 2 aromatic rings. The summed E-state index contributed by atoms with van der Waals surface area (Å²) >= 11 is 0. The highest BCUT2D eigenvalue weighted by Gasteiger charge is 2.95. The maximum atomic E-state index is 14.1. The molecule has 0 spiro atoms. The number of hydrogen-bond donors (Lipinski definition) is 4. The van der Waals surface area contributed by atoms with E-state index in [4.69, 9.17) is 29.2 Å². The highest BCUT2D eigenvalue weighted by Crippen LogP contribution is 2.64. The Morgan fingerprint density at radius 2 is 0.877 bits per heavy atom. The minimum atomic E-state index is -8.63. The Labute approximate surface area is 361 Å². The number of hydrogen-bond acceptors (Lipinski definition) is 8. The minimum Gasteiger partial charge on any atom is -0.491 e. The molecule has 25 heteroatoms. The van der Waals surface area contributed by atoms with Gasteiger partial charge in [0.05, 0.1) is 19.3 Å². The van der Waals surface area contributed by atoms with Crippen molar-refractivity contribution in [3.05, 3.63) is 42.5 Å². The third-order valence-corrected chi connectivity index (χ3v) is 9.72. The van der Waals surface area contributed by atoms with Gasteiger partial charge in [-0.05, 0) is 55.2 Å². The van der Waals surface area contributed by atoms with E-state index in [2.05, 4.69) is 0 Å². The summed E-state index contributed by atoms with van der Waals surface area (Å²) in [5, 5.41) is 37.3. The fraction of sp³-hybridized carbons (Fsp3) is 0.700. The maximum Gasteiger partial charge on any atom is 0.460 e. The molecule has 0 saturated carbocycles. The van der Waals surface area contributed by atoms with E-state index >= 15 is 0 Å².